The number of aliphatic hydroxyl groups excluding tert-OH is 1. The number of aromatic nitrogens is 2. The SMILES string of the molecule is CCOC(=O)C(O)c1ccnn1CC. The Morgan fingerprint density at radius 3 is 3.00 bits per heavy atom. The average molecular weight is 198 g/mol. The van der Waals surface area contributed by atoms with Crippen molar-refractivity contribution in [2.75, 3.05) is 6.61 Å². The van der Waals surface area contributed by atoms with E-state index in [9.17, 15) is 9.90 Å². The van der Waals surface area contributed by atoms with Gasteiger partial charge in [0.25, 0.3) is 0 Å². The fourth-order valence-electron chi connectivity index (χ4n) is 1.18. The van der Waals surface area contributed by atoms with Gasteiger partial charge in [0.15, 0.2) is 6.10 Å². The Labute approximate surface area is 82.3 Å². The maximum atomic E-state index is 11.2. The van der Waals surface area contributed by atoms with Gasteiger partial charge in [0.05, 0.1) is 12.3 Å². The smallest absolute Gasteiger partial charge is 0.341 e. The molecule has 0 radical (unpaired) electrons. The molecule has 1 heterocycles. The summed E-state index contributed by atoms with van der Waals surface area (Å²) in [5, 5.41) is 13.5. The highest BCUT2D eigenvalue weighted by atomic mass is 16.5. The van der Waals surface area contributed by atoms with Crippen LogP contribution in [0.5, 0.6) is 0 Å². The molecular formula is C9H14N2O3. The highest BCUT2D eigenvalue weighted by Gasteiger charge is 2.21. The first-order valence-electron chi connectivity index (χ1n) is 4.57. The molecule has 0 aliphatic heterocycles. The zero-order chi connectivity index (χ0) is 10.6. The average Bonchev–Trinajstić information content (AvgIpc) is 2.64. The highest BCUT2D eigenvalue weighted by Crippen LogP contribution is 2.13. The van der Waals surface area contributed by atoms with Gasteiger partial charge in [0, 0.05) is 12.7 Å². The number of rotatable bonds is 4. The van der Waals surface area contributed by atoms with E-state index in [1.165, 1.54) is 0 Å². The van der Waals surface area contributed by atoms with Gasteiger partial charge < -0.3 is 9.84 Å². The first kappa shape index (κ1) is 10.7. The van der Waals surface area contributed by atoms with Gasteiger partial charge in [-0.3, -0.25) is 4.68 Å². The van der Waals surface area contributed by atoms with E-state index < -0.39 is 12.1 Å². The molecule has 1 unspecified atom stereocenters. The van der Waals surface area contributed by atoms with E-state index in [2.05, 4.69) is 5.10 Å². The molecule has 0 spiro atoms. The monoisotopic (exact) mass is 198 g/mol. The van der Waals surface area contributed by atoms with Gasteiger partial charge in [-0.2, -0.15) is 5.10 Å². The summed E-state index contributed by atoms with van der Waals surface area (Å²) in [6, 6.07) is 1.60. The minimum atomic E-state index is -1.24. The Hall–Kier alpha value is -1.36. The number of hydrogen-bond acceptors (Lipinski definition) is 4. The molecule has 0 saturated carbocycles. The largest absolute Gasteiger partial charge is 0.464 e. The minimum Gasteiger partial charge on any atom is -0.464 e. The van der Waals surface area contributed by atoms with Crippen molar-refractivity contribution >= 4 is 5.97 Å². The van der Waals surface area contributed by atoms with Crippen molar-refractivity contribution in [1.29, 1.82) is 0 Å². The maximum Gasteiger partial charge on any atom is 0.341 e. The van der Waals surface area contributed by atoms with Gasteiger partial charge in [0.1, 0.15) is 0 Å². The van der Waals surface area contributed by atoms with Gasteiger partial charge in [-0.25, -0.2) is 4.79 Å². The lowest BCUT2D eigenvalue weighted by molar-refractivity contribution is -0.153. The third-order valence-electron chi connectivity index (χ3n) is 1.84. The van der Waals surface area contributed by atoms with Gasteiger partial charge in [-0.1, -0.05) is 0 Å². The van der Waals surface area contributed by atoms with Crippen LogP contribution in [0.25, 0.3) is 0 Å². The van der Waals surface area contributed by atoms with Crippen molar-refractivity contribution < 1.29 is 14.6 Å². The second kappa shape index (κ2) is 4.76. The molecule has 0 aromatic carbocycles. The molecule has 1 rings (SSSR count). The molecule has 0 saturated heterocycles. The molecule has 14 heavy (non-hydrogen) atoms. The number of carbonyl (C=O) groups is 1. The summed E-state index contributed by atoms with van der Waals surface area (Å²) in [4.78, 5) is 11.2. The van der Waals surface area contributed by atoms with Crippen molar-refractivity contribution in [2.24, 2.45) is 0 Å². The molecule has 78 valence electrons. The van der Waals surface area contributed by atoms with Gasteiger partial charge in [0.2, 0.25) is 0 Å². The van der Waals surface area contributed by atoms with Crippen LogP contribution in [-0.4, -0.2) is 27.5 Å². The van der Waals surface area contributed by atoms with Gasteiger partial charge in [-0.05, 0) is 19.9 Å². The molecule has 1 atom stereocenters. The second-order valence-corrected chi connectivity index (χ2v) is 2.73. The van der Waals surface area contributed by atoms with Crippen molar-refractivity contribution in [3.05, 3.63) is 18.0 Å². The zero-order valence-corrected chi connectivity index (χ0v) is 8.30. The van der Waals surface area contributed by atoms with Crippen LogP contribution in [-0.2, 0) is 16.1 Å². The summed E-state index contributed by atoms with van der Waals surface area (Å²) in [5.74, 6) is -0.636. The number of ether oxygens (including phenoxy) is 1. The normalized spacial score (nSPS) is 12.5. The van der Waals surface area contributed by atoms with Gasteiger partial charge in [-0.15, -0.1) is 0 Å². The van der Waals surface area contributed by atoms with E-state index in [0.717, 1.165) is 0 Å². The molecule has 0 fully saturated rings. The van der Waals surface area contributed by atoms with Crippen LogP contribution in [0.1, 0.15) is 25.6 Å². The third-order valence-corrected chi connectivity index (χ3v) is 1.84. The Morgan fingerprint density at radius 2 is 2.43 bits per heavy atom. The van der Waals surface area contributed by atoms with Crippen molar-refractivity contribution in [2.45, 2.75) is 26.5 Å². The highest BCUT2D eigenvalue weighted by molar-refractivity contribution is 5.75. The van der Waals surface area contributed by atoms with E-state index in [1.807, 2.05) is 6.92 Å². The summed E-state index contributed by atoms with van der Waals surface area (Å²) >= 11 is 0. The number of carbonyl (C=O) groups excluding carboxylic acids is 1. The predicted molar refractivity (Wildman–Crippen MR) is 49.5 cm³/mol. The van der Waals surface area contributed by atoms with Crippen LogP contribution >= 0.6 is 0 Å². The van der Waals surface area contributed by atoms with Crippen LogP contribution in [0, 0.1) is 0 Å². The number of hydrogen-bond donors (Lipinski definition) is 1. The van der Waals surface area contributed by atoms with E-state index in [1.54, 1.807) is 23.9 Å². The van der Waals surface area contributed by atoms with Crippen molar-refractivity contribution in [1.82, 2.24) is 9.78 Å². The molecule has 0 bridgehead atoms. The maximum absolute atomic E-state index is 11.2. The lowest BCUT2D eigenvalue weighted by Crippen LogP contribution is -2.19. The van der Waals surface area contributed by atoms with Crippen LogP contribution in [0.15, 0.2) is 12.3 Å². The number of aliphatic hydroxyl groups is 1. The standard InChI is InChI=1S/C9H14N2O3/c1-3-11-7(5-6-10-11)8(12)9(13)14-4-2/h5-6,8,12H,3-4H2,1-2H3. The molecule has 1 aromatic rings. The molecule has 1 N–H and O–H groups in total. The minimum absolute atomic E-state index is 0.260. The summed E-state index contributed by atoms with van der Waals surface area (Å²) in [6.07, 6.45) is 0.304. The Morgan fingerprint density at radius 1 is 1.71 bits per heavy atom. The van der Waals surface area contributed by atoms with Crippen molar-refractivity contribution in [3.8, 4) is 0 Å². The summed E-state index contributed by atoms with van der Waals surface area (Å²) in [7, 11) is 0. The number of aryl methyl sites for hydroxylation is 1. The quantitative estimate of drug-likeness (QED) is 0.715. The molecule has 0 aliphatic rings. The molecule has 1 aromatic heterocycles. The van der Waals surface area contributed by atoms with Crippen LogP contribution in [0.2, 0.25) is 0 Å². The van der Waals surface area contributed by atoms with E-state index in [4.69, 9.17) is 4.74 Å². The molecule has 0 amide bonds. The fourth-order valence-corrected chi connectivity index (χ4v) is 1.18. The number of esters is 1. The Balaban J connectivity index is 2.77. The van der Waals surface area contributed by atoms with Crippen LogP contribution < -0.4 is 0 Å². The van der Waals surface area contributed by atoms with Gasteiger partial charge >= 0.3 is 5.97 Å². The first-order valence-corrected chi connectivity index (χ1v) is 4.57. The first-order chi connectivity index (χ1) is 6.70. The van der Waals surface area contributed by atoms with Crippen LogP contribution in [0.3, 0.4) is 0 Å². The lowest BCUT2D eigenvalue weighted by Gasteiger charge is -2.10. The van der Waals surface area contributed by atoms with E-state index >= 15 is 0 Å². The molecule has 5 nitrogen and oxygen atoms in total. The Bertz CT molecular complexity index is 309. The summed E-state index contributed by atoms with van der Waals surface area (Å²) in [6.45, 7) is 4.45. The summed E-state index contributed by atoms with van der Waals surface area (Å²) < 4.78 is 6.25. The third kappa shape index (κ3) is 2.11. The topological polar surface area (TPSA) is 64.3 Å². The summed E-state index contributed by atoms with van der Waals surface area (Å²) in [5.41, 5.74) is 0.464. The second-order valence-electron chi connectivity index (χ2n) is 2.73. The predicted octanol–water partition coefficient (Wildman–Crippen LogP) is 0.500. The molecule has 5 heteroatoms. The number of nitrogens with zero attached hydrogens (tertiary/aromatic N) is 2. The molecule has 0 aliphatic carbocycles. The Kier molecular flexibility index (Phi) is 3.64. The fraction of sp³-hybridized carbons (Fsp3) is 0.556. The zero-order valence-electron chi connectivity index (χ0n) is 8.30. The van der Waals surface area contributed by atoms with E-state index in [0.29, 0.717) is 12.2 Å². The van der Waals surface area contributed by atoms with Crippen LogP contribution in [0.4, 0.5) is 0 Å². The lowest BCUT2D eigenvalue weighted by atomic mass is 10.2. The van der Waals surface area contributed by atoms with E-state index in [-0.39, 0.29) is 6.61 Å². The van der Waals surface area contributed by atoms with Crippen molar-refractivity contribution in [3.63, 3.8) is 0 Å². The molecular weight excluding hydrogens is 184 g/mol.